The van der Waals surface area contributed by atoms with Crippen LogP contribution < -0.4 is 5.32 Å². The lowest BCUT2D eigenvalue weighted by atomic mass is 10.3. The summed E-state index contributed by atoms with van der Waals surface area (Å²) in [7, 11) is -4.13. The maximum atomic E-state index is 12.9. The summed E-state index contributed by atoms with van der Waals surface area (Å²) in [4.78, 5) is 16.5. The number of aryl methyl sites for hydroxylation is 1. The Labute approximate surface area is 169 Å². The van der Waals surface area contributed by atoms with Crippen molar-refractivity contribution in [1.29, 1.82) is 0 Å². The molecule has 1 aliphatic heterocycles. The molecule has 0 aromatic carbocycles. The van der Waals surface area contributed by atoms with Crippen molar-refractivity contribution >= 4 is 39.0 Å². The molecule has 0 spiro atoms. The molecular formula is C15H19F2N5O3S3. The molecule has 1 atom stereocenters. The van der Waals surface area contributed by atoms with E-state index >= 15 is 0 Å². The average molecular weight is 452 g/mol. The number of alkyl halides is 2. The molecule has 3 rings (SSSR count). The SMILES string of the molecule is Cc1nc(CCNC(=O)[C@H]2CSCN2S(=O)(=O)c2cnn(C(F)F)c2C)cs1. The van der Waals surface area contributed by atoms with Gasteiger partial charge in [-0.15, -0.1) is 23.1 Å². The zero-order chi connectivity index (χ0) is 20.5. The highest BCUT2D eigenvalue weighted by Crippen LogP contribution is 2.30. The van der Waals surface area contributed by atoms with Gasteiger partial charge in [0.05, 0.1) is 28.5 Å². The number of amides is 1. The van der Waals surface area contributed by atoms with E-state index in [-0.39, 0.29) is 16.5 Å². The summed E-state index contributed by atoms with van der Waals surface area (Å²) >= 11 is 2.81. The molecule has 1 aliphatic rings. The first-order valence-electron chi connectivity index (χ1n) is 8.32. The second-order valence-corrected chi connectivity index (χ2v) is 10.0. The van der Waals surface area contributed by atoms with Crippen molar-refractivity contribution in [3.05, 3.63) is 28.0 Å². The van der Waals surface area contributed by atoms with Crippen molar-refractivity contribution in [3.8, 4) is 0 Å². The summed E-state index contributed by atoms with van der Waals surface area (Å²) in [5, 5.41) is 9.04. The highest BCUT2D eigenvalue weighted by Gasteiger charge is 2.41. The third kappa shape index (κ3) is 4.21. The summed E-state index contributed by atoms with van der Waals surface area (Å²) < 4.78 is 53.1. The van der Waals surface area contributed by atoms with Crippen LogP contribution in [0, 0.1) is 13.8 Å². The van der Waals surface area contributed by atoms with E-state index in [1.54, 1.807) is 0 Å². The molecule has 8 nitrogen and oxygen atoms in total. The van der Waals surface area contributed by atoms with Crippen molar-refractivity contribution in [2.24, 2.45) is 0 Å². The van der Waals surface area contributed by atoms with Crippen LogP contribution >= 0.6 is 23.1 Å². The van der Waals surface area contributed by atoms with Crippen molar-refractivity contribution in [2.45, 2.75) is 37.8 Å². The number of halogens is 2. The molecule has 13 heteroatoms. The quantitative estimate of drug-likeness (QED) is 0.689. The van der Waals surface area contributed by atoms with E-state index in [9.17, 15) is 22.0 Å². The summed E-state index contributed by atoms with van der Waals surface area (Å²) in [6, 6.07) is -0.901. The molecule has 2 aromatic heterocycles. The minimum absolute atomic E-state index is 0.0744. The Bertz CT molecular complexity index is 960. The van der Waals surface area contributed by atoms with Crippen LogP contribution in [0.1, 0.15) is 22.9 Å². The monoisotopic (exact) mass is 451 g/mol. The largest absolute Gasteiger partial charge is 0.354 e. The fourth-order valence-corrected chi connectivity index (χ4v) is 6.75. The van der Waals surface area contributed by atoms with Crippen LogP contribution in [0.4, 0.5) is 8.78 Å². The van der Waals surface area contributed by atoms with Crippen molar-refractivity contribution in [1.82, 2.24) is 24.4 Å². The van der Waals surface area contributed by atoms with E-state index in [0.717, 1.165) is 21.2 Å². The minimum Gasteiger partial charge on any atom is -0.354 e. The Morgan fingerprint density at radius 1 is 1.43 bits per heavy atom. The fourth-order valence-electron chi connectivity index (χ4n) is 2.81. The Hall–Kier alpha value is -1.57. The van der Waals surface area contributed by atoms with Gasteiger partial charge in [0.1, 0.15) is 10.9 Å². The second-order valence-electron chi connectivity index (χ2n) is 6.12. The molecule has 0 bridgehead atoms. The molecular weight excluding hydrogens is 432 g/mol. The number of rotatable bonds is 7. The van der Waals surface area contributed by atoms with Crippen LogP contribution in [-0.4, -0.2) is 57.6 Å². The molecule has 0 radical (unpaired) electrons. The van der Waals surface area contributed by atoms with Crippen molar-refractivity contribution in [2.75, 3.05) is 18.2 Å². The fraction of sp³-hybridized carbons (Fsp3) is 0.533. The molecule has 0 unspecified atom stereocenters. The van der Waals surface area contributed by atoms with Gasteiger partial charge in [-0.3, -0.25) is 4.79 Å². The third-order valence-corrected chi connectivity index (χ3v) is 8.22. The van der Waals surface area contributed by atoms with Crippen LogP contribution in [0.15, 0.2) is 16.5 Å². The van der Waals surface area contributed by atoms with E-state index in [1.807, 2.05) is 12.3 Å². The predicted octanol–water partition coefficient (Wildman–Crippen LogP) is 1.77. The predicted molar refractivity (Wildman–Crippen MR) is 102 cm³/mol. The Morgan fingerprint density at radius 3 is 2.79 bits per heavy atom. The van der Waals surface area contributed by atoms with E-state index < -0.39 is 28.5 Å². The van der Waals surface area contributed by atoms with Gasteiger partial charge in [-0.05, 0) is 13.8 Å². The Morgan fingerprint density at radius 2 is 2.18 bits per heavy atom. The number of thiazole rings is 1. The van der Waals surface area contributed by atoms with Gasteiger partial charge < -0.3 is 5.32 Å². The molecule has 0 aliphatic carbocycles. The molecule has 154 valence electrons. The van der Waals surface area contributed by atoms with Crippen LogP contribution in [0.3, 0.4) is 0 Å². The summed E-state index contributed by atoms with van der Waals surface area (Å²) in [6.07, 6.45) is 1.45. The third-order valence-electron chi connectivity index (χ3n) is 4.26. The molecule has 0 saturated carbocycles. The maximum Gasteiger partial charge on any atom is 0.333 e. The smallest absolute Gasteiger partial charge is 0.333 e. The summed E-state index contributed by atoms with van der Waals surface area (Å²) in [5.41, 5.74) is 0.702. The van der Waals surface area contributed by atoms with Gasteiger partial charge in [0.25, 0.3) is 0 Å². The number of thioether (sulfide) groups is 1. The van der Waals surface area contributed by atoms with Crippen LogP contribution in [0.25, 0.3) is 0 Å². The number of carbonyl (C=O) groups excluding carboxylic acids is 1. The zero-order valence-electron chi connectivity index (χ0n) is 15.1. The van der Waals surface area contributed by atoms with Crippen molar-refractivity contribution < 1.29 is 22.0 Å². The van der Waals surface area contributed by atoms with Gasteiger partial charge in [0, 0.05) is 24.1 Å². The zero-order valence-corrected chi connectivity index (χ0v) is 17.6. The second kappa shape index (κ2) is 8.43. The number of hydrogen-bond acceptors (Lipinski definition) is 7. The first-order chi connectivity index (χ1) is 13.2. The molecule has 28 heavy (non-hydrogen) atoms. The van der Waals surface area contributed by atoms with Crippen LogP contribution in [0.2, 0.25) is 0 Å². The number of nitrogens with one attached hydrogen (secondary N) is 1. The van der Waals surface area contributed by atoms with Gasteiger partial charge in [-0.25, -0.2) is 18.1 Å². The number of hydrogen-bond donors (Lipinski definition) is 1. The molecule has 1 N–H and O–H groups in total. The number of nitrogens with zero attached hydrogens (tertiary/aromatic N) is 4. The van der Waals surface area contributed by atoms with Crippen molar-refractivity contribution in [3.63, 3.8) is 0 Å². The molecule has 1 fully saturated rings. The van der Waals surface area contributed by atoms with Gasteiger partial charge in [-0.1, -0.05) is 0 Å². The standard InChI is InChI=1S/C15H19F2N5O3S3/c1-9-13(5-19-22(9)15(16)17)28(24,25)21-8-26-7-12(21)14(23)18-4-3-11-6-27-10(2)20-11/h5-6,12,15H,3-4,7-8H2,1-2H3,(H,18,23)/t12-/m1/s1. The molecule has 2 aromatic rings. The highest BCUT2D eigenvalue weighted by atomic mass is 32.2. The summed E-state index contributed by atoms with van der Waals surface area (Å²) in [5.74, 6) is -0.0482. The van der Waals surface area contributed by atoms with E-state index in [1.165, 1.54) is 30.0 Å². The number of carbonyl (C=O) groups is 1. The van der Waals surface area contributed by atoms with E-state index in [2.05, 4.69) is 15.4 Å². The van der Waals surface area contributed by atoms with Gasteiger partial charge in [-0.2, -0.15) is 18.2 Å². The molecule has 1 amide bonds. The Kier molecular flexibility index (Phi) is 6.37. The van der Waals surface area contributed by atoms with Gasteiger partial charge in [0.15, 0.2) is 0 Å². The lowest BCUT2D eigenvalue weighted by Gasteiger charge is -2.22. The summed E-state index contributed by atoms with van der Waals surface area (Å²) in [6.45, 7) is 0.550. The van der Waals surface area contributed by atoms with E-state index in [0.29, 0.717) is 23.4 Å². The van der Waals surface area contributed by atoms with Crippen LogP contribution in [-0.2, 0) is 21.2 Å². The maximum absolute atomic E-state index is 12.9. The first-order valence-corrected chi connectivity index (χ1v) is 11.8. The molecule has 1 saturated heterocycles. The highest BCUT2D eigenvalue weighted by molar-refractivity contribution is 8.00. The number of aromatic nitrogens is 3. The topological polar surface area (TPSA) is 97.2 Å². The lowest BCUT2D eigenvalue weighted by Crippen LogP contribution is -2.47. The minimum atomic E-state index is -4.13. The first kappa shape index (κ1) is 21.1. The normalized spacial score (nSPS) is 18.1. The van der Waals surface area contributed by atoms with Crippen LogP contribution in [0.5, 0.6) is 0 Å². The Balaban J connectivity index is 1.70. The van der Waals surface area contributed by atoms with E-state index in [4.69, 9.17) is 0 Å². The number of sulfonamides is 1. The average Bonchev–Trinajstić information content (AvgIpc) is 3.34. The lowest BCUT2D eigenvalue weighted by molar-refractivity contribution is -0.123. The van der Waals surface area contributed by atoms with Gasteiger partial charge in [0.2, 0.25) is 15.9 Å². The molecule has 3 heterocycles. The van der Waals surface area contributed by atoms with Gasteiger partial charge >= 0.3 is 6.55 Å².